The van der Waals surface area contributed by atoms with Crippen LogP contribution in [0.4, 0.5) is 0 Å². The summed E-state index contributed by atoms with van der Waals surface area (Å²) in [6, 6.07) is 11.6. The van der Waals surface area contributed by atoms with Crippen LogP contribution in [0.5, 0.6) is 0 Å². The molecule has 2 aromatic heterocycles. The third-order valence-corrected chi connectivity index (χ3v) is 1.59. The van der Waals surface area contributed by atoms with E-state index in [1.165, 1.54) is 5.40 Å². The molecule has 0 saturated carbocycles. The first-order valence-corrected chi connectivity index (χ1v) is 30.1. The van der Waals surface area contributed by atoms with Crippen molar-refractivity contribution in [1.82, 2.24) is 9.97 Å². The summed E-state index contributed by atoms with van der Waals surface area (Å²) in [6.45, 7) is 0. The van der Waals surface area contributed by atoms with Gasteiger partial charge in [-0.3, -0.25) is 9.97 Å². The Morgan fingerprint density at radius 2 is 1.26 bits per heavy atom. The predicted octanol–water partition coefficient (Wildman–Crippen LogP) is 4.43. The standard InChI is InChI=1S/C10H8N2.CHNS.3HI.Sn/c1-3-7-11-9(5-1)10-6-2-4-8-12-10;2-1-3;;;;/h1-8H;3H;3*1H;/q;;;;;+4/p-4. The summed E-state index contributed by atoms with van der Waals surface area (Å²) in [5.74, 6) is 0. The smallest absolute Gasteiger partial charge is 0.0886 e. The van der Waals surface area contributed by atoms with E-state index in [4.69, 9.17) is 5.26 Å². The van der Waals surface area contributed by atoms with Crippen LogP contribution in [0, 0.1) is 10.7 Å². The Hall–Kier alpha value is 0.999. The van der Waals surface area contributed by atoms with E-state index < -0.39 is 7.86 Å². The maximum absolute atomic E-state index is 7.13. The monoisotopic (exact) mass is 715 g/mol. The van der Waals surface area contributed by atoms with Crippen molar-refractivity contribution in [3.8, 4) is 16.8 Å². The zero-order chi connectivity index (χ0) is 14.5. The first kappa shape index (κ1) is 20.0. The van der Waals surface area contributed by atoms with E-state index in [0.29, 0.717) is 0 Å². The molecule has 0 bridgehead atoms. The average Bonchev–Trinajstić information content (AvgIpc) is 2.41. The number of hydrogen-bond donors (Lipinski definition) is 0. The molecule has 0 aromatic carbocycles. The molecule has 0 aliphatic heterocycles. The predicted molar refractivity (Wildman–Crippen MR) is 108 cm³/mol. The van der Waals surface area contributed by atoms with Gasteiger partial charge in [0.05, 0.1) is 11.4 Å². The van der Waals surface area contributed by atoms with Crippen LogP contribution < -0.4 is 0 Å². The number of pyridine rings is 2. The normalized spacial score (nSPS) is 7.89. The van der Waals surface area contributed by atoms with E-state index in [9.17, 15) is 0 Å². The molecule has 19 heavy (non-hydrogen) atoms. The summed E-state index contributed by atoms with van der Waals surface area (Å²) in [6.07, 6.45) is 3.54. The average molecular weight is 714 g/mol. The summed E-state index contributed by atoms with van der Waals surface area (Å²) in [5, 5.41) is 8.47. The summed E-state index contributed by atoms with van der Waals surface area (Å²) >= 11 is 11.2. The van der Waals surface area contributed by atoms with E-state index in [0.717, 1.165) is 11.4 Å². The van der Waals surface area contributed by atoms with Crippen molar-refractivity contribution in [3.05, 3.63) is 48.8 Å². The van der Waals surface area contributed by atoms with Crippen LogP contribution >= 0.6 is 55.9 Å². The van der Waals surface area contributed by atoms with Gasteiger partial charge in [0, 0.05) is 12.4 Å². The molecule has 0 fully saturated rings. The molecule has 2 heterocycles. The molecule has 0 aliphatic rings. The molecule has 0 atom stereocenters. The number of rotatable bonds is 1. The van der Waals surface area contributed by atoms with E-state index >= 15 is 0 Å². The number of thiocyanates is 1. The van der Waals surface area contributed by atoms with Crippen molar-refractivity contribution in [2.75, 3.05) is 0 Å². The van der Waals surface area contributed by atoms with Crippen LogP contribution in [0.2, 0.25) is 0 Å². The van der Waals surface area contributed by atoms with Gasteiger partial charge in [-0.15, -0.1) is 0 Å². The third kappa shape index (κ3) is 12.5. The van der Waals surface area contributed by atoms with Crippen LogP contribution in [0.1, 0.15) is 0 Å². The molecule has 0 amide bonds. The molecule has 2 rings (SSSR count). The number of nitriles is 1. The van der Waals surface area contributed by atoms with Crippen LogP contribution in [-0.4, -0.2) is 17.8 Å². The largest absolute Gasteiger partial charge is 0.255 e. The van der Waals surface area contributed by atoms with Gasteiger partial charge in [0.25, 0.3) is 0 Å². The fourth-order valence-corrected chi connectivity index (χ4v) is 1.03. The van der Waals surface area contributed by atoms with E-state index in [-0.39, 0.29) is 0 Å². The zero-order valence-electron chi connectivity index (χ0n) is 9.50. The molecule has 0 aliphatic carbocycles. The molecule has 2 aromatic rings. The van der Waals surface area contributed by atoms with Crippen molar-refractivity contribution in [1.29, 1.82) is 5.26 Å². The quantitative estimate of drug-likeness (QED) is 0.190. The molecule has 3 nitrogen and oxygen atoms in total. The molecule has 0 unspecified atom stereocenters. The van der Waals surface area contributed by atoms with Gasteiger partial charge in [0.1, 0.15) is 0 Å². The summed E-state index contributed by atoms with van der Waals surface area (Å²) in [5.41, 5.74) is 1.83. The van der Waals surface area contributed by atoms with Gasteiger partial charge in [-0.25, -0.2) is 5.26 Å². The molecule has 0 saturated heterocycles. The Balaban J connectivity index is 0.000000393. The van der Waals surface area contributed by atoms with Crippen LogP contribution in [0.25, 0.3) is 11.4 Å². The van der Waals surface area contributed by atoms with Crippen molar-refractivity contribution in [2.24, 2.45) is 0 Å². The van der Waals surface area contributed by atoms with Gasteiger partial charge >= 0.3 is 63.8 Å². The minimum Gasteiger partial charge on any atom is -0.255 e. The number of aromatic nitrogens is 2. The Kier molecular flexibility index (Phi) is 14.7. The van der Waals surface area contributed by atoms with Gasteiger partial charge < -0.3 is 12.6 Å². The molecule has 0 spiro atoms. The Bertz CT molecular complexity index is 439. The molecule has 0 N–H and O–H groups in total. The molecular formula is C11H8I3N3SSn. The number of halogens is 3. The van der Waals surface area contributed by atoms with Crippen molar-refractivity contribution in [3.63, 3.8) is 0 Å². The maximum atomic E-state index is 7.13. The summed E-state index contributed by atoms with van der Waals surface area (Å²) in [4.78, 5) is 8.37. The second kappa shape index (κ2) is 14.0. The first-order chi connectivity index (χ1) is 9.11. The van der Waals surface area contributed by atoms with E-state index in [1.807, 2.05) is 36.4 Å². The molecule has 0 radical (unpaired) electrons. The SMILES string of the molecule is N#C[S-].[I][Sn+]([I])[I].c1ccc(-c2ccccn2)nc1. The van der Waals surface area contributed by atoms with E-state index in [2.05, 4.69) is 78.5 Å². The number of hydrogen-bond acceptors (Lipinski definition) is 4. The van der Waals surface area contributed by atoms with Gasteiger partial charge in [0.15, 0.2) is 0 Å². The van der Waals surface area contributed by atoms with Gasteiger partial charge in [0.2, 0.25) is 0 Å². The maximum Gasteiger partial charge on any atom is 0.0886 e. The van der Waals surface area contributed by atoms with Crippen molar-refractivity contribution >= 4 is 76.4 Å². The second-order valence-corrected chi connectivity index (χ2v) is 67.4. The van der Waals surface area contributed by atoms with Crippen molar-refractivity contribution < 1.29 is 0 Å². The minimum atomic E-state index is -0.633. The van der Waals surface area contributed by atoms with Gasteiger partial charge in [-0.05, 0) is 24.3 Å². The van der Waals surface area contributed by atoms with Gasteiger partial charge in [-0.2, -0.15) is 0 Å². The van der Waals surface area contributed by atoms with Gasteiger partial charge in [-0.1, -0.05) is 17.5 Å². The van der Waals surface area contributed by atoms with Crippen LogP contribution in [0.3, 0.4) is 0 Å². The third-order valence-electron chi connectivity index (χ3n) is 1.59. The Labute approximate surface area is 154 Å². The van der Waals surface area contributed by atoms with Crippen LogP contribution in [-0.2, 0) is 12.6 Å². The fourth-order valence-electron chi connectivity index (χ4n) is 1.03. The molecule has 8 heteroatoms. The topological polar surface area (TPSA) is 49.6 Å². The molecular weight excluding hydrogens is 706 g/mol. The van der Waals surface area contributed by atoms with Crippen LogP contribution in [0.15, 0.2) is 48.8 Å². The Morgan fingerprint density at radius 3 is 1.47 bits per heavy atom. The van der Waals surface area contributed by atoms with Crippen molar-refractivity contribution in [2.45, 2.75) is 0 Å². The second-order valence-electron chi connectivity index (χ2n) is 2.74. The van der Waals surface area contributed by atoms with E-state index in [1.54, 1.807) is 12.4 Å². The molecule has 98 valence electrons. The minimum absolute atomic E-state index is 0.633. The summed E-state index contributed by atoms with van der Waals surface area (Å²) < 4.78 is 0. The fraction of sp³-hybridized carbons (Fsp3) is 0. The zero-order valence-corrected chi connectivity index (χ0v) is 19.6. The Morgan fingerprint density at radius 1 is 0.947 bits per heavy atom. The first-order valence-electron chi connectivity index (χ1n) is 4.79. The summed E-state index contributed by atoms with van der Waals surface area (Å²) in [7, 11) is -0.633. The number of nitrogens with zero attached hydrogens (tertiary/aromatic N) is 3.